The molecule has 0 saturated heterocycles. The Kier molecular flexibility index (Phi) is 4.16. The lowest BCUT2D eigenvalue weighted by atomic mass is 10.1. The molecule has 2 rings (SSSR count). The normalized spacial score (nSPS) is 9.90. The van der Waals surface area contributed by atoms with Gasteiger partial charge in [0.1, 0.15) is 23.5 Å². The third kappa shape index (κ3) is 2.69. The number of hydrogen-bond acceptors (Lipinski definition) is 3. The van der Waals surface area contributed by atoms with E-state index in [1.165, 1.54) is 25.3 Å². The van der Waals surface area contributed by atoms with E-state index in [0.29, 0.717) is 17.0 Å². The first-order valence-electron chi connectivity index (χ1n) is 5.91. The predicted molar refractivity (Wildman–Crippen MR) is 71.4 cm³/mol. The molecule has 0 heterocycles. The van der Waals surface area contributed by atoms with Crippen molar-refractivity contribution >= 4 is 5.69 Å². The summed E-state index contributed by atoms with van der Waals surface area (Å²) in [5, 5.41) is 11.9. The highest BCUT2D eigenvalue weighted by molar-refractivity contribution is 5.66. The maximum Gasteiger partial charge on any atom is 0.143 e. The Morgan fingerprint density at radius 2 is 1.80 bits per heavy atom. The number of hydrogen-bond donors (Lipinski definition) is 1. The van der Waals surface area contributed by atoms with Crippen LogP contribution in [0.4, 0.5) is 14.5 Å². The monoisotopic (exact) mass is 274 g/mol. The van der Waals surface area contributed by atoms with Crippen molar-refractivity contribution in [2.45, 2.75) is 6.54 Å². The number of methoxy groups -OCH3 is 1. The molecule has 0 aliphatic carbocycles. The molecule has 0 aliphatic heterocycles. The maximum atomic E-state index is 13.5. The molecule has 0 fully saturated rings. The molecular weight excluding hydrogens is 262 g/mol. The zero-order valence-electron chi connectivity index (χ0n) is 10.8. The number of para-hydroxylation sites is 1. The van der Waals surface area contributed by atoms with Crippen molar-refractivity contribution in [3.05, 3.63) is 59.2 Å². The molecule has 0 atom stereocenters. The highest BCUT2D eigenvalue weighted by Gasteiger charge is 2.12. The van der Waals surface area contributed by atoms with Crippen LogP contribution in [0.3, 0.4) is 0 Å². The highest BCUT2D eigenvalue weighted by Crippen LogP contribution is 2.28. The first kappa shape index (κ1) is 13.8. The van der Waals surface area contributed by atoms with Gasteiger partial charge in [0.15, 0.2) is 0 Å². The van der Waals surface area contributed by atoms with Gasteiger partial charge in [-0.3, -0.25) is 0 Å². The summed E-state index contributed by atoms with van der Waals surface area (Å²) in [5.74, 6) is -0.822. The fourth-order valence-electron chi connectivity index (χ4n) is 1.85. The summed E-state index contributed by atoms with van der Waals surface area (Å²) in [5.41, 5.74) is 0.684. The van der Waals surface area contributed by atoms with E-state index in [0.717, 1.165) is 0 Å². The molecule has 0 aliphatic rings. The van der Waals surface area contributed by atoms with Gasteiger partial charge in [0.25, 0.3) is 0 Å². The third-order valence-electron chi connectivity index (χ3n) is 2.87. The van der Waals surface area contributed by atoms with E-state index >= 15 is 0 Å². The average Bonchev–Trinajstić information content (AvgIpc) is 2.46. The summed E-state index contributed by atoms with van der Waals surface area (Å²) in [7, 11) is 1.46. The first-order chi connectivity index (χ1) is 9.67. The van der Waals surface area contributed by atoms with Gasteiger partial charge < -0.3 is 10.1 Å². The van der Waals surface area contributed by atoms with E-state index < -0.39 is 11.6 Å². The Bertz CT molecular complexity index is 645. The van der Waals surface area contributed by atoms with Crippen LogP contribution in [0.25, 0.3) is 0 Å². The molecular formula is C15H12F2N2O. The van der Waals surface area contributed by atoms with Crippen LogP contribution in [-0.4, -0.2) is 7.11 Å². The molecule has 5 heteroatoms. The van der Waals surface area contributed by atoms with Crippen molar-refractivity contribution in [1.82, 2.24) is 0 Å². The van der Waals surface area contributed by atoms with Crippen LogP contribution in [0.5, 0.6) is 5.75 Å². The molecule has 0 unspecified atom stereocenters. The topological polar surface area (TPSA) is 45.0 Å². The number of ether oxygens (including phenoxy) is 1. The van der Waals surface area contributed by atoms with Crippen molar-refractivity contribution in [1.29, 1.82) is 5.26 Å². The number of benzene rings is 2. The second-order valence-corrected chi connectivity index (χ2v) is 4.05. The summed E-state index contributed by atoms with van der Waals surface area (Å²) in [6, 6.07) is 10.6. The van der Waals surface area contributed by atoms with Crippen molar-refractivity contribution in [2.24, 2.45) is 0 Å². The van der Waals surface area contributed by atoms with Gasteiger partial charge in [0, 0.05) is 12.1 Å². The summed E-state index contributed by atoms with van der Waals surface area (Å²) < 4.78 is 32.2. The number of nitrogens with one attached hydrogen (secondary N) is 1. The van der Waals surface area contributed by atoms with Gasteiger partial charge in [-0.15, -0.1) is 0 Å². The van der Waals surface area contributed by atoms with Crippen molar-refractivity contribution in [3.8, 4) is 11.8 Å². The summed E-state index contributed by atoms with van der Waals surface area (Å²) in [6.45, 7) is -0.0758. The molecule has 0 bridgehead atoms. The molecule has 102 valence electrons. The molecule has 2 aromatic rings. The Balaban J connectivity index is 2.30. The minimum atomic E-state index is -0.633. The van der Waals surface area contributed by atoms with Crippen LogP contribution in [0.15, 0.2) is 36.4 Å². The van der Waals surface area contributed by atoms with Gasteiger partial charge in [-0.05, 0) is 24.3 Å². The Morgan fingerprint density at radius 1 is 1.15 bits per heavy atom. The fraction of sp³-hybridized carbons (Fsp3) is 0.133. The Hall–Kier alpha value is -2.61. The predicted octanol–water partition coefficient (Wildman–Crippen LogP) is 3.46. The maximum absolute atomic E-state index is 13.5. The minimum absolute atomic E-state index is 0.0758. The first-order valence-corrected chi connectivity index (χ1v) is 5.91. The molecule has 20 heavy (non-hydrogen) atoms. The summed E-state index contributed by atoms with van der Waals surface area (Å²) >= 11 is 0. The number of nitrogens with zero attached hydrogens (tertiary/aromatic N) is 1. The number of nitriles is 1. The van der Waals surface area contributed by atoms with Gasteiger partial charge in [0.05, 0.1) is 18.4 Å². The van der Waals surface area contributed by atoms with Crippen LogP contribution in [-0.2, 0) is 6.54 Å². The number of rotatable bonds is 4. The second kappa shape index (κ2) is 6.02. The SMILES string of the molecule is COc1cccc(C#N)c1NCc1c(F)cccc1F. The number of halogens is 2. The molecule has 0 saturated carbocycles. The van der Waals surface area contributed by atoms with Crippen molar-refractivity contribution < 1.29 is 13.5 Å². The molecule has 2 aromatic carbocycles. The zero-order chi connectivity index (χ0) is 14.5. The molecule has 3 nitrogen and oxygen atoms in total. The van der Waals surface area contributed by atoms with Gasteiger partial charge in [-0.25, -0.2) is 8.78 Å². The van der Waals surface area contributed by atoms with Gasteiger partial charge in [0.2, 0.25) is 0 Å². The molecule has 0 radical (unpaired) electrons. The summed E-state index contributed by atoms with van der Waals surface area (Å²) in [6.07, 6.45) is 0. The average molecular weight is 274 g/mol. The van der Waals surface area contributed by atoms with Gasteiger partial charge in [-0.2, -0.15) is 5.26 Å². The zero-order valence-corrected chi connectivity index (χ0v) is 10.8. The third-order valence-corrected chi connectivity index (χ3v) is 2.87. The van der Waals surface area contributed by atoms with Crippen LogP contribution in [0.2, 0.25) is 0 Å². The molecule has 1 N–H and O–H groups in total. The van der Waals surface area contributed by atoms with Crippen molar-refractivity contribution in [3.63, 3.8) is 0 Å². The fourth-order valence-corrected chi connectivity index (χ4v) is 1.85. The number of anilines is 1. The lowest BCUT2D eigenvalue weighted by Crippen LogP contribution is -2.07. The van der Waals surface area contributed by atoms with Gasteiger partial charge >= 0.3 is 0 Å². The van der Waals surface area contributed by atoms with E-state index in [4.69, 9.17) is 10.00 Å². The Morgan fingerprint density at radius 3 is 2.40 bits per heavy atom. The molecule has 0 aromatic heterocycles. The van der Waals surface area contributed by atoms with Crippen molar-refractivity contribution in [2.75, 3.05) is 12.4 Å². The van der Waals surface area contributed by atoms with Gasteiger partial charge in [-0.1, -0.05) is 12.1 Å². The van der Waals surface area contributed by atoms with Crippen LogP contribution in [0.1, 0.15) is 11.1 Å². The van der Waals surface area contributed by atoms with Crippen LogP contribution < -0.4 is 10.1 Å². The lowest BCUT2D eigenvalue weighted by Gasteiger charge is -2.13. The summed E-state index contributed by atoms with van der Waals surface area (Å²) in [4.78, 5) is 0. The highest BCUT2D eigenvalue weighted by atomic mass is 19.1. The van der Waals surface area contributed by atoms with E-state index in [2.05, 4.69) is 5.32 Å². The van der Waals surface area contributed by atoms with Crippen LogP contribution >= 0.6 is 0 Å². The minimum Gasteiger partial charge on any atom is -0.495 e. The van der Waals surface area contributed by atoms with E-state index in [-0.39, 0.29) is 12.1 Å². The standard InChI is InChI=1S/C15H12F2N2O/c1-20-14-7-2-4-10(8-18)15(14)19-9-11-12(16)5-3-6-13(11)17/h2-7,19H,9H2,1H3. The largest absolute Gasteiger partial charge is 0.495 e. The second-order valence-electron chi connectivity index (χ2n) is 4.05. The van der Waals surface area contributed by atoms with Crippen LogP contribution in [0, 0.1) is 23.0 Å². The van der Waals surface area contributed by atoms with E-state index in [1.54, 1.807) is 18.2 Å². The molecule has 0 spiro atoms. The smallest absolute Gasteiger partial charge is 0.143 e. The lowest BCUT2D eigenvalue weighted by molar-refractivity contribution is 0.416. The quantitative estimate of drug-likeness (QED) is 0.928. The van der Waals surface area contributed by atoms with E-state index in [9.17, 15) is 8.78 Å². The van der Waals surface area contributed by atoms with E-state index in [1.807, 2.05) is 6.07 Å². The Labute approximate surface area is 115 Å². The molecule has 0 amide bonds.